The predicted molar refractivity (Wildman–Crippen MR) is 240 cm³/mol. The second kappa shape index (κ2) is 12.0. The third-order valence-electron chi connectivity index (χ3n) is 13.1. The summed E-state index contributed by atoms with van der Waals surface area (Å²) in [6, 6.07) is 72.5. The van der Waals surface area contributed by atoms with Crippen LogP contribution in [0.5, 0.6) is 0 Å². The number of aromatic nitrogens is 1. The van der Waals surface area contributed by atoms with Crippen LogP contribution in [0.25, 0.3) is 82.8 Å². The summed E-state index contributed by atoms with van der Waals surface area (Å²) in [5.41, 5.74) is 20.8. The van der Waals surface area contributed by atoms with Crippen LogP contribution in [0.2, 0.25) is 0 Å². The molecule has 9 aromatic carbocycles. The second-order valence-electron chi connectivity index (χ2n) is 16.4. The molecule has 268 valence electrons. The van der Waals surface area contributed by atoms with Gasteiger partial charge >= 0.3 is 0 Å². The molecule has 1 unspecified atom stereocenters. The SMILES string of the molecule is CC1(C)c2ccccc2-c2ccc3c4cc(-c5ccc6c(c5)-c5ccccc5C6c5ccc(-c6ccccc6)cc5)ccc4n(-c4cccc5ccccc45)c3c21. The van der Waals surface area contributed by atoms with E-state index in [1.165, 1.54) is 111 Å². The first kappa shape index (κ1) is 32.3. The minimum absolute atomic E-state index is 0.156. The van der Waals surface area contributed by atoms with Gasteiger partial charge in [0.25, 0.3) is 0 Å². The molecule has 0 aliphatic heterocycles. The summed E-state index contributed by atoms with van der Waals surface area (Å²) in [5.74, 6) is 0.200. The van der Waals surface area contributed by atoms with Crippen LogP contribution in [0.4, 0.5) is 0 Å². The lowest BCUT2D eigenvalue weighted by atomic mass is 9.81. The van der Waals surface area contributed by atoms with E-state index in [4.69, 9.17) is 0 Å². The largest absolute Gasteiger partial charge is 0.308 e. The molecule has 1 aromatic heterocycles. The number of nitrogens with zero attached hydrogens (tertiary/aromatic N) is 1. The molecule has 0 N–H and O–H groups in total. The molecule has 0 bridgehead atoms. The van der Waals surface area contributed by atoms with Gasteiger partial charge in [-0.2, -0.15) is 0 Å². The van der Waals surface area contributed by atoms with Gasteiger partial charge in [0, 0.05) is 27.5 Å². The Balaban J connectivity index is 1.04. The highest BCUT2D eigenvalue weighted by Crippen LogP contribution is 2.54. The molecule has 0 spiro atoms. The minimum atomic E-state index is -0.156. The first-order valence-corrected chi connectivity index (χ1v) is 20.1. The van der Waals surface area contributed by atoms with Crippen LogP contribution in [-0.4, -0.2) is 4.57 Å². The molecule has 0 saturated carbocycles. The smallest absolute Gasteiger partial charge is 0.0588 e. The number of rotatable bonds is 4. The van der Waals surface area contributed by atoms with E-state index in [0.717, 1.165) is 0 Å². The van der Waals surface area contributed by atoms with Gasteiger partial charge in [0.1, 0.15) is 0 Å². The van der Waals surface area contributed by atoms with Crippen molar-refractivity contribution in [1.29, 1.82) is 0 Å². The lowest BCUT2D eigenvalue weighted by Gasteiger charge is -2.24. The summed E-state index contributed by atoms with van der Waals surface area (Å²) in [4.78, 5) is 0. The van der Waals surface area contributed by atoms with Crippen LogP contribution >= 0.6 is 0 Å². The first-order chi connectivity index (χ1) is 28.0. The van der Waals surface area contributed by atoms with Gasteiger partial charge in [0.15, 0.2) is 0 Å². The fourth-order valence-corrected chi connectivity index (χ4v) is 10.4. The van der Waals surface area contributed by atoms with Crippen LogP contribution in [0.1, 0.15) is 47.6 Å². The zero-order chi connectivity index (χ0) is 37.8. The fourth-order valence-electron chi connectivity index (χ4n) is 10.4. The van der Waals surface area contributed by atoms with Crippen LogP contribution in [0.15, 0.2) is 194 Å². The summed E-state index contributed by atoms with van der Waals surface area (Å²) in [6.45, 7) is 4.81. The van der Waals surface area contributed by atoms with Crippen LogP contribution in [-0.2, 0) is 5.41 Å². The zero-order valence-corrected chi connectivity index (χ0v) is 32.0. The van der Waals surface area contributed by atoms with Gasteiger partial charge in [-0.3, -0.25) is 0 Å². The molecule has 57 heavy (non-hydrogen) atoms. The number of fused-ring (bicyclic) bond motifs is 11. The van der Waals surface area contributed by atoms with Crippen molar-refractivity contribution in [3.8, 4) is 50.2 Å². The summed E-state index contributed by atoms with van der Waals surface area (Å²) in [6.07, 6.45) is 0. The van der Waals surface area contributed by atoms with Crippen LogP contribution in [0.3, 0.4) is 0 Å². The zero-order valence-electron chi connectivity index (χ0n) is 32.0. The highest BCUT2D eigenvalue weighted by Gasteiger charge is 2.38. The summed E-state index contributed by atoms with van der Waals surface area (Å²) in [7, 11) is 0. The normalized spacial score (nSPS) is 14.8. The van der Waals surface area contributed by atoms with Gasteiger partial charge in [-0.05, 0) is 102 Å². The molecule has 0 radical (unpaired) electrons. The maximum absolute atomic E-state index is 2.57. The number of benzene rings is 9. The second-order valence-corrected chi connectivity index (χ2v) is 16.4. The maximum Gasteiger partial charge on any atom is 0.0588 e. The van der Waals surface area contributed by atoms with Gasteiger partial charge in [0.05, 0.1) is 16.7 Å². The topological polar surface area (TPSA) is 4.93 Å². The third kappa shape index (κ3) is 4.63. The Labute approximate surface area is 333 Å². The molecule has 1 heteroatoms. The van der Waals surface area contributed by atoms with E-state index in [1.807, 2.05) is 0 Å². The summed E-state index contributed by atoms with van der Waals surface area (Å²) in [5, 5.41) is 5.09. The van der Waals surface area contributed by atoms with Gasteiger partial charge in [-0.1, -0.05) is 184 Å². The van der Waals surface area contributed by atoms with E-state index in [1.54, 1.807) is 0 Å². The molecule has 2 aliphatic carbocycles. The van der Waals surface area contributed by atoms with Crippen molar-refractivity contribution in [2.24, 2.45) is 0 Å². The lowest BCUT2D eigenvalue weighted by Crippen LogP contribution is -2.16. The average molecular weight is 726 g/mol. The Hall–Kier alpha value is -6.96. The molecular formula is C56H39N. The van der Waals surface area contributed by atoms with E-state index in [0.29, 0.717) is 0 Å². The van der Waals surface area contributed by atoms with Crippen molar-refractivity contribution in [3.63, 3.8) is 0 Å². The minimum Gasteiger partial charge on any atom is -0.308 e. The van der Waals surface area contributed by atoms with Gasteiger partial charge in [0.2, 0.25) is 0 Å². The molecule has 0 fully saturated rings. The number of hydrogen-bond acceptors (Lipinski definition) is 0. The van der Waals surface area contributed by atoms with Crippen molar-refractivity contribution >= 4 is 32.6 Å². The van der Waals surface area contributed by atoms with Gasteiger partial charge in [-0.15, -0.1) is 0 Å². The Morgan fingerprint density at radius 3 is 1.96 bits per heavy atom. The van der Waals surface area contributed by atoms with Crippen molar-refractivity contribution in [3.05, 3.63) is 222 Å². The molecular weight excluding hydrogens is 687 g/mol. The standard InChI is InChI=1S/C56H39N/c1-56(2)50-21-11-10-19-43(50)46-30-31-47-49-34-40(28-32-52(49)57(55(47)54(46)56)51-22-12-16-37-15-6-7-17-41(37)51)39-27-29-45-48(33-39)42-18-8-9-20-44(42)53(45)38-25-23-36(24-26-38)35-13-4-3-5-14-35/h3-34,53H,1-2H3. The molecule has 1 atom stereocenters. The molecule has 2 aliphatic rings. The quantitative estimate of drug-likeness (QED) is 0.170. The Morgan fingerprint density at radius 1 is 0.421 bits per heavy atom. The van der Waals surface area contributed by atoms with E-state index >= 15 is 0 Å². The van der Waals surface area contributed by atoms with E-state index in [2.05, 4.69) is 213 Å². The Kier molecular flexibility index (Phi) is 6.81. The maximum atomic E-state index is 2.57. The Bertz CT molecular complexity index is 3250. The van der Waals surface area contributed by atoms with Crippen molar-refractivity contribution < 1.29 is 0 Å². The van der Waals surface area contributed by atoms with Gasteiger partial charge < -0.3 is 4.57 Å². The van der Waals surface area contributed by atoms with Crippen molar-refractivity contribution in [2.45, 2.75) is 25.2 Å². The molecule has 1 nitrogen and oxygen atoms in total. The van der Waals surface area contributed by atoms with E-state index in [-0.39, 0.29) is 11.3 Å². The van der Waals surface area contributed by atoms with Gasteiger partial charge in [-0.25, -0.2) is 0 Å². The average Bonchev–Trinajstić information content (AvgIpc) is 3.86. The molecule has 10 aromatic rings. The van der Waals surface area contributed by atoms with Crippen molar-refractivity contribution in [1.82, 2.24) is 4.57 Å². The van der Waals surface area contributed by atoms with Crippen LogP contribution < -0.4 is 0 Å². The lowest BCUT2D eigenvalue weighted by molar-refractivity contribution is 0.664. The predicted octanol–water partition coefficient (Wildman–Crippen LogP) is 14.7. The molecule has 1 heterocycles. The van der Waals surface area contributed by atoms with Crippen molar-refractivity contribution in [2.75, 3.05) is 0 Å². The molecule has 12 rings (SSSR count). The first-order valence-electron chi connectivity index (χ1n) is 20.1. The summed E-state index contributed by atoms with van der Waals surface area (Å²) >= 11 is 0. The van der Waals surface area contributed by atoms with E-state index < -0.39 is 0 Å². The summed E-state index contributed by atoms with van der Waals surface area (Å²) < 4.78 is 2.57. The van der Waals surface area contributed by atoms with E-state index in [9.17, 15) is 0 Å². The van der Waals surface area contributed by atoms with Crippen LogP contribution in [0, 0.1) is 0 Å². The monoisotopic (exact) mass is 725 g/mol. The Morgan fingerprint density at radius 2 is 1.09 bits per heavy atom. The highest BCUT2D eigenvalue weighted by atomic mass is 15.0. The number of hydrogen-bond donors (Lipinski definition) is 0. The molecule has 0 amide bonds. The fraction of sp³-hybridized carbons (Fsp3) is 0.0714. The molecule has 0 saturated heterocycles. The third-order valence-corrected chi connectivity index (χ3v) is 13.1. The highest BCUT2D eigenvalue weighted by molar-refractivity contribution is 6.15.